The van der Waals surface area contributed by atoms with Crippen LogP contribution in [-0.2, 0) is 4.74 Å². The van der Waals surface area contributed by atoms with Gasteiger partial charge in [0.05, 0.1) is 0 Å². The lowest BCUT2D eigenvalue weighted by Crippen LogP contribution is -1.97. The molecule has 20 heavy (non-hydrogen) atoms. The number of rotatable bonds is 17. The average Bonchev–Trinajstić information content (AvgIpc) is 2.47. The molecule has 121 valence electrons. The summed E-state index contributed by atoms with van der Waals surface area (Å²) in [6.45, 7) is 8.11. The second-order valence-electron chi connectivity index (χ2n) is 6.06. The molecule has 0 unspecified atom stereocenters. The van der Waals surface area contributed by atoms with Crippen LogP contribution in [0, 0.1) is 6.92 Å². The van der Waals surface area contributed by atoms with Gasteiger partial charge in [-0.25, -0.2) is 0 Å². The highest BCUT2D eigenvalue weighted by molar-refractivity contribution is 4.48. The van der Waals surface area contributed by atoms with Crippen molar-refractivity contribution in [3.05, 3.63) is 6.92 Å². The largest absolute Gasteiger partial charge is 0.381 e. The van der Waals surface area contributed by atoms with Crippen LogP contribution in [0.5, 0.6) is 0 Å². The maximum absolute atomic E-state index is 5.70. The Morgan fingerprint density at radius 1 is 0.550 bits per heavy atom. The first-order valence-corrected chi connectivity index (χ1v) is 9.28. The van der Waals surface area contributed by atoms with E-state index in [0.29, 0.717) is 0 Å². The van der Waals surface area contributed by atoms with E-state index in [2.05, 4.69) is 13.8 Å². The third kappa shape index (κ3) is 18.0. The predicted octanol–water partition coefficient (Wildman–Crippen LogP) is 6.71. The zero-order valence-corrected chi connectivity index (χ0v) is 14.1. The number of unbranched alkanes of at least 4 members (excludes halogenated alkanes) is 13. The Morgan fingerprint density at radius 3 is 1.40 bits per heavy atom. The second kappa shape index (κ2) is 19.0. The van der Waals surface area contributed by atoms with Gasteiger partial charge in [-0.05, 0) is 12.8 Å². The van der Waals surface area contributed by atoms with Gasteiger partial charge in [-0.15, -0.1) is 0 Å². The summed E-state index contributed by atoms with van der Waals surface area (Å²) >= 11 is 0. The van der Waals surface area contributed by atoms with Gasteiger partial charge >= 0.3 is 0 Å². The molecule has 0 saturated heterocycles. The van der Waals surface area contributed by atoms with E-state index in [0.717, 1.165) is 19.6 Å². The predicted molar refractivity (Wildman–Crippen MR) is 91.1 cm³/mol. The molecular formula is C19H39O. The molecule has 0 aromatic rings. The van der Waals surface area contributed by atoms with Crippen LogP contribution in [0.1, 0.15) is 103 Å². The third-order valence-electron chi connectivity index (χ3n) is 3.93. The van der Waals surface area contributed by atoms with Crippen molar-refractivity contribution >= 4 is 0 Å². The van der Waals surface area contributed by atoms with Crippen LogP contribution in [0.3, 0.4) is 0 Å². The number of hydrogen-bond donors (Lipinski definition) is 0. The minimum atomic E-state index is 0.978. The molecule has 0 spiro atoms. The molecule has 0 N–H and O–H groups in total. The highest BCUT2D eigenvalue weighted by atomic mass is 16.5. The van der Waals surface area contributed by atoms with Crippen molar-refractivity contribution in [2.45, 2.75) is 103 Å². The van der Waals surface area contributed by atoms with E-state index in [9.17, 15) is 0 Å². The van der Waals surface area contributed by atoms with Gasteiger partial charge in [-0.3, -0.25) is 0 Å². The molecule has 0 aliphatic heterocycles. The fraction of sp³-hybridized carbons (Fsp3) is 0.947. The summed E-state index contributed by atoms with van der Waals surface area (Å²) in [5, 5.41) is 0. The summed E-state index contributed by atoms with van der Waals surface area (Å²) in [5.74, 6) is 0. The molecule has 0 rings (SSSR count). The molecule has 0 amide bonds. The Labute approximate surface area is 128 Å². The number of ether oxygens (including phenoxy) is 1. The highest BCUT2D eigenvalue weighted by Crippen LogP contribution is 2.09. The van der Waals surface area contributed by atoms with Crippen LogP contribution in [0.2, 0.25) is 0 Å². The second-order valence-corrected chi connectivity index (χ2v) is 6.06. The fourth-order valence-electron chi connectivity index (χ4n) is 2.53. The van der Waals surface area contributed by atoms with Crippen LogP contribution < -0.4 is 0 Å². The average molecular weight is 284 g/mol. The molecule has 0 aliphatic carbocycles. The third-order valence-corrected chi connectivity index (χ3v) is 3.93. The van der Waals surface area contributed by atoms with Gasteiger partial charge in [0.15, 0.2) is 0 Å². The van der Waals surface area contributed by atoms with Crippen LogP contribution in [0.4, 0.5) is 0 Å². The molecule has 0 heterocycles. The molecule has 0 aliphatic rings. The Bertz CT molecular complexity index is 138. The topological polar surface area (TPSA) is 9.23 Å². The summed E-state index contributed by atoms with van der Waals surface area (Å²) in [6, 6.07) is 0. The molecule has 0 aromatic carbocycles. The van der Waals surface area contributed by atoms with E-state index in [4.69, 9.17) is 4.74 Å². The van der Waals surface area contributed by atoms with Gasteiger partial charge < -0.3 is 4.74 Å². The Morgan fingerprint density at radius 2 is 0.950 bits per heavy atom. The summed E-state index contributed by atoms with van der Waals surface area (Å²) in [4.78, 5) is 0. The molecule has 1 nitrogen and oxygen atoms in total. The molecule has 0 saturated carbocycles. The first-order chi connectivity index (χ1) is 9.91. The lowest BCUT2D eigenvalue weighted by atomic mass is 10.1. The van der Waals surface area contributed by atoms with Gasteiger partial charge in [0.2, 0.25) is 0 Å². The summed E-state index contributed by atoms with van der Waals surface area (Å²) in [6.07, 6.45) is 20.2. The van der Waals surface area contributed by atoms with E-state index < -0.39 is 0 Å². The smallest absolute Gasteiger partial charge is 0.0466 e. The van der Waals surface area contributed by atoms with Crippen molar-refractivity contribution in [3.8, 4) is 0 Å². The minimum absolute atomic E-state index is 0.978. The molecule has 0 atom stereocenters. The van der Waals surface area contributed by atoms with Crippen molar-refractivity contribution < 1.29 is 4.74 Å². The highest BCUT2D eigenvalue weighted by Gasteiger charge is 1.94. The van der Waals surface area contributed by atoms with Crippen molar-refractivity contribution in [1.82, 2.24) is 0 Å². The summed E-state index contributed by atoms with van der Waals surface area (Å²) in [5.41, 5.74) is 0. The van der Waals surface area contributed by atoms with E-state index in [1.807, 2.05) is 0 Å². The lowest BCUT2D eigenvalue weighted by Gasteiger charge is -2.05. The van der Waals surface area contributed by atoms with Crippen molar-refractivity contribution in [3.63, 3.8) is 0 Å². The fourth-order valence-corrected chi connectivity index (χ4v) is 2.53. The van der Waals surface area contributed by atoms with Gasteiger partial charge in [0.25, 0.3) is 0 Å². The summed E-state index contributed by atoms with van der Waals surface area (Å²) < 4.78 is 5.70. The first-order valence-electron chi connectivity index (χ1n) is 9.28. The maximum Gasteiger partial charge on any atom is 0.0466 e. The quantitative estimate of drug-likeness (QED) is 0.270. The molecule has 1 heteroatoms. The Kier molecular flexibility index (Phi) is 18.9. The van der Waals surface area contributed by atoms with Crippen LogP contribution >= 0.6 is 0 Å². The SMILES string of the molecule is [CH2]CCCCCCCCOCCCCCCCCCC. The van der Waals surface area contributed by atoms with Crippen molar-refractivity contribution in [2.24, 2.45) is 0 Å². The molecule has 0 aromatic heterocycles. The number of hydrogen-bond acceptors (Lipinski definition) is 1. The van der Waals surface area contributed by atoms with Crippen LogP contribution in [0.25, 0.3) is 0 Å². The molecular weight excluding hydrogens is 244 g/mol. The van der Waals surface area contributed by atoms with E-state index in [1.165, 1.54) is 89.9 Å². The van der Waals surface area contributed by atoms with Gasteiger partial charge in [0.1, 0.15) is 0 Å². The van der Waals surface area contributed by atoms with Crippen molar-refractivity contribution in [2.75, 3.05) is 13.2 Å². The summed E-state index contributed by atoms with van der Waals surface area (Å²) in [7, 11) is 0. The normalized spacial score (nSPS) is 11.1. The Hall–Kier alpha value is -0.0400. The van der Waals surface area contributed by atoms with E-state index >= 15 is 0 Å². The zero-order chi connectivity index (χ0) is 14.7. The standard InChI is InChI=1S/C19H39O/c1-3-5-7-9-11-13-15-17-19-20-18-16-14-12-10-8-6-4-2/h2-19H2,1H3. The van der Waals surface area contributed by atoms with Gasteiger partial charge in [0, 0.05) is 13.2 Å². The Balaban J connectivity index is 2.89. The maximum atomic E-state index is 5.70. The lowest BCUT2D eigenvalue weighted by molar-refractivity contribution is 0.125. The zero-order valence-electron chi connectivity index (χ0n) is 14.1. The van der Waals surface area contributed by atoms with E-state index in [1.54, 1.807) is 0 Å². The minimum Gasteiger partial charge on any atom is -0.381 e. The van der Waals surface area contributed by atoms with Crippen molar-refractivity contribution in [1.29, 1.82) is 0 Å². The van der Waals surface area contributed by atoms with Gasteiger partial charge in [-0.1, -0.05) is 97.3 Å². The van der Waals surface area contributed by atoms with E-state index in [-0.39, 0.29) is 0 Å². The van der Waals surface area contributed by atoms with Crippen LogP contribution in [-0.4, -0.2) is 13.2 Å². The monoisotopic (exact) mass is 283 g/mol. The molecule has 0 fully saturated rings. The van der Waals surface area contributed by atoms with Crippen LogP contribution in [0.15, 0.2) is 0 Å². The molecule has 0 bridgehead atoms. The van der Waals surface area contributed by atoms with Gasteiger partial charge in [-0.2, -0.15) is 0 Å². The molecule has 1 radical (unpaired) electrons. The first kappa shape index (κ1) is 20.0.